The summed E-state index contributed by atoms with van der Waals surface area (Å²) in [5.41, 5.74) is 1.33. The maximum atomic E-state index is 13.3. The van der Waals surface area contributed by atoms with E-state index in [2.05, 4.69) is 39.2 Å². The van der Waals surface area contributed by atoms with Crippen LogP contribution in [-0.4, -0.2) is 73.6 Å². The SMILES string of the molecule is CC(=O)O[C@H]1[C@H](NC(=O)C(Cl)(Cl)Cl)[C@@H](COC(c2ccccc2)(c2ccccc2)c2ccccc2)O[C@H](CCO[Si](C)(C)C(C)(C)C)[C@H]1OC(C)=O. The molecule has 1 aliphatic heterocycles. The maximum Gasteiger partial charge on any atom is 0.303 e. The third kappa shape index (κ3) is 10.2. The molecule has 3 aromatic carbocycles. The Labute approximate surface area is 322 Å². The number of carbonyl (C=O) groups is 3. The molecule has 0 aromatic heterocycles. The van der Waals surface area contributed by atoms with Crippen molar-refractivity contribution in [2.24, 2.45) is 0 Å². The van der Waals surface area contributed by atoms with Crippen LogP contribution in [0.1, 0.15) is 57.7 Å². The third-order valence-electron chi connectivity index (χ3n) is 9.63. The zero-order chi connectivity index (χ0) is 38.3. The Kier molecular flexibility index (Phi) is 14.0. The number of esters is 2. The van der Waals surface area contributed by atoms with Crippen LogP contribution in [0.15, 0.2) is 91.0 Å². The molecule has 3 aromatic rings. The first-order valence-corrected chi connectivity index (χ1v) is 21.2. The summed E-state index contributed by atoms with van der Waals surface area (Å²) >= 11 is 18.1. The first-order valence-electron chi connectivity index (χ1n) is 17.2. The van der Waals surface area contributed by atoms with Gasteiger partial charge in [0, 0.05) is 20.5 Å². The summed E-state index contributed by atoms with van der Waals surface area (Å²) in [6.45, 7) is 13.3. The molecule has 1 aliphatic rings. The summed E-state index contributed by atoms with van der Waals surface area (Å²) in [6.07, 6.45) is -3.99. The van der Waals surface area contributed by atoms with Crippen molar-refractivity contribution >= 4 is 61.0 Å². The second-order valence-corrected chi connectivity index (χ2v) is 21.4. The molecule has 52 heavy (non-hydrogen) atoms. The zero-order valence-electron chi connectivity index (χ0n) is 30.6. The lowest BCUT2D eigenvalue weighted by atomic mass is 9.80. The molecule has 9 nitrogen and oxygen atoms in total. The smallest absolute Gasteiger partial charge is 0.303 e. The van der Waals surface area contributed by atoms with Gasteiger partial charge in [-0.05, 0) is 41.2 Å². The minimum Gasteiger partial charge on any atom is -0.456 e. The topological polar surface area (TPSA) is 109 Å². The molecule has 0 radical (unpaired) electrons. The summed E-state index contributed by atoms with van der Waals surface area (Å²) in [6, 6.07) is 28.0. The Morgan fingerprint density at radius 3 is 1.58 bits per heavy atom. The highest BCUT2D eigenvalue weighted by molar-refractivity contribution is 6.76. The molecule has 1 saturated heterocycles. The van der Waals surface area contributed by atoms with E-state index >= 15 is 0 Å². The molecule has 0 aliphatic carbocycles. The van der Waals surface area contributed by atoms with Gasteiger partial charge in [0.2, 0.25) is 0 Å². The van der Waals surface area contributed by atoms with E-state index in [0.717, 1.165) is 16.7 Å². The van der Waals surface area contributed by atoms with E-state index in [4.69, 9.17) is 58.2 Å². The van der Waals surface area contributed by atoms with Crippen molar-refractivity contribution in [2.75, 3.05) is 13.2 Å². The van der Waals surface area contributed by atoms with Gasteiger partial charge < -0.3 is 28.7 Å². The quantitative estimate of drug-likeness (QED) is 0.0806. The number of amides is 1. The molecule has 0 unspecified atom stereocenters. The number of rotatable bonds is 13. The van der Waals surface area contributed by atoms with Gasteiger partial charge in [-0.15, -0.1) is 0 Å². The Hall–Kier alpha value is -2.96. The minimum atomic E-state index is -2.38. The molecule has 1 amide bonds. The molecular formula is C39H48Cl3NO8Si. The maximum absolute atomic E-state index is 13.3. The molecule has 5 atom stereocenters. The number of hydrogen-bond donors (Lipinski definition) is 1. The van der Waals surface area contributed by atoms with Crippen molar-refractivity contribution in [1.29, 1.82) is 0 Å². The molecule has 1 N–H and O–H groups in total. The Morgan fingerprint density at radius 1 is 0.731 bits per heavy atom. The van der Waals surface area contributed by atoms with Gasteiger partial charge in [-0.1, -0.05) is 147 Å². The van der Waals surface area contributed by atoms with Gasteiger partial charge in [0.25, 0.3) is 9.70 Å². The van der Waals surface area contributed by atoms with E-state index in [0.29, 0.717) is 0 Å². The fourth-order valence-electron chi connectivity index (χ4n) is 6.09. The van der Waals surface area contributed by atoms with Gasteiger partial charge >= 0.3 is 11.9 Å². The van der Waals surface area contributed by atoms with Gasteiger partial charge in [0.15, 0.2) is 20.5 Å². The predicted octanol–water partition coefficient (Wildman–Crippen LogP) is 7.89. The summed E-state index contributed by atoms with van der Waals surface area (Å²) in [5, 5.41) is 2.65. The van der Waals surface area contributed by atoms with E-state index in [9.17, 15) is 14.4 Å². The van der Waals surface area contributed by atoms with Crippen LogP contribution >= 0.6 is 34.8 Å². The standard InChI is InChI=1S/C39H48Cl3NO8Si/c1-26(44)49-34-31(23-24-48-52(6,7)37(3,4)5)51-32(33(35(34)50-27(2)45)43-36(46)39(40,41)42)25-47-38(28-17-11-8-12-18-28,29-19-13-9-14-20-29)30-21-15-10-16-22-30/h8-22,31-35H,23-25H2,1-7H3,(H,43,46)/t31-,32-,33-,34-,35+/m1/s1. The summed E-state index contributed by atoms with van der Waals surface area (Å²) in [5.74, 6) is -2.31. The number of hydrogen-bond acceptors (Lipinski definition) is 8. The molecule has 1 fully saturated rings. The fraction of sp³-hybridized carbons (Fsp3) is 0.462. The van der Waals surface area contributed by atoms with Crippen LogP contribution in [0.5, 0.6) is 0 Å². The van der Waals surface area contributed by atoms with Gasteiger partial charge in [0.05, 0.1) is 12.6 Å². The highest BCUT2D eigenvalue weighted by Crippen LogP contribution is 2.42. The summed E-state index contributed by atoms with van der Waals surface area (Å²) < 4.78 is 29.6. The predicted molar refractivity (Wildman–Crippen MR) is 205 cm³/mol. The van der Waals surface area contributed by atoms with Gasteiger partial charge in [0.1, 0.15) is 17.8 Å². The van der Waals surface area contributed by atoms with E-state index < -0.39 is 66.0 Å². The second-order valence-electron chi connectivity index (χ2n) is 14.3. The lowest BCUT2D eigenvalue weighted by Gasteiger charge is -2.47. The lowest BCUT2D eigenvalue weighted by molar-refractivity contribution is -0.227. The van der Waals surface area contributed by atoms with Gasteiger partial charge in [-0.2, -0.15) is 0 Å². The Bertz CT molecular complexity index is 1540. The molecule has 13 heteroatoms. The number of benzene rings is 3. The highest BCUT2D eigenvalue weighted by Gasteiger charge is 2.52. The molecule has 0 spiro atoms. The Balaban J connectivity index is 1.84. The molecule has 282 valence electrons. The van der Waals surface area contributed by atoms with Crippen LogP contribution in [0, 0.1) is 0 Å². The highest BCUT2D eigenvalue weighted by atomic mass is 35.6. The van der Waals surface area contributed by atoms with Crippen LogP contribution < -0.4 is 5.32 Å². The van der Waals surface area contributed by atoms with Crippen LogP contribution in [-0.2, 0) is 43.4 Å². The number of alkyl halides is 3. The van der Waals surface area contributed by atoms with Crippen LogP contribution in [0.4, 0.5) is 0 Å². The largest absolute Gasteiger partial charge is 0.456 e. The second kappa shape index (κ2) is 17.5. The average molecular weight is 793 g/mol. The summed E-state index contributed by atoms with van der Waals surface area (Å²) in [4.78, 5) is 38.5. The van der Waals surface area contributed by atoms with Crippen molar-refractivity contribution in [3.8, 4) is 0 Å². The number of halogens is 3. The van der Waals surface area contributed by atoms with Gasteiger partial charge in [-0.3, -0.25) is 14.4 Å². The Morgan fingerprint density at radius 2 is 1.17 bits per heavy atom. The van der Waals surface area contributed by atoms with E-state index in [1.807, 2.05) is 91.0 Å². The van der Waals surface area contributed by atoms with E-state index in [1.54, 1.807) is 0 Å². The monoisotopic (exact) mass is 791 g/mol. The number of ether oxygens (including phenoxy) is 4. The average Bonchev–Trinajstić information content (AvgIpc) is 3.07. The van der Waals surface area contributed by atoms with Crippen molar-refractivity contribution < 1.29 is 37.8 Å². The van der Waals surface area contributed by atoms with Gasteiger partial charge in [-0.25, -0.2) is 0 Å². The van der Waals surface area contributed by atoms with Crippen molar-refractivity contribution in [1.82, 2.24) is 5.32 Å². The van der Waals surface area contributed by atoms with Crippen LogP contribution in [0.2, 0.25) is 18.1 Å². The lowest BCUT2D eigenvalue weighted by Crippen LogP contribution is -2.67. The number of carbonyl (C=O) groups excluding carboxylic acids is 3. The van der Waals surface area contributed by atoms with E-state index in [-0.39, 0.29) is 24.7 Å². The first-order chi connectivity index (χ1) is 24.4. The molecular weight excluding hydrogens is 745 g/mol. The molecule has 0 saturated carbocycles. The first kappa shape index (κ1) is 41.8. The molecule has 0 bridgehead atoms. The van der Waals surface area contributed by atoms with Crippen molar-refractivity contribution in [3.05, 3.63) is 108 Å². The molecule has 4 rings (SSSR count). The van der Waals surface area contributed by atoms with Crippen molar-refractivity contribution in [2.45, 2.75) is 99.0 Å². The van der Waals surface area contributed by atoms with E-state index in [1.165, 1.54) is 13.8 Å². The van der Waals surface area contributed by atoms with Crippen LogP contribution in [0.25, 0.3) is 0 Å². The van der Waals surface area contributed by atoms with Crippen molar-refractivity contribution in [3.63, 3.8) is 0 Å². The third-order valence-corrected chi connectivity index (χ3v) is 14.7. The zero-order valence-corrected chi connectivity index (χ0v) is 33.8. The molecule has 1 heterocycles. The fourth-order valence-corrected chi connectivity index (χ4v) is 7.31. The minimum absolute atomic E-state index is 0.0609. The van der Waals surface area contributed by atoms with Crippen LogP contribution in [0.3, 0.4) is 0 Å². The number of nitrogens with one attached hydrogen (secondary N) is 1. The summed E-state index contributed by atoms with van der Waals surface area (Å²) in [7, 11) is -2.19. The normalized spacial score (nSPS) is 21.2.